The first-order valence-corrected chi connectivity index (χ1v) is 6.09. The molecular formula is C11H15BrN2O4. The maximum Gasteiger partial charge on any atom is 0.251 e. The standard InChI is InChI=1S/C11H15BrN2O4/c1-11(18,7-15)6-13-9(16)5-14-4-8(12)2-3-10(14)17/h2-4,15,18H,5-7H2,1H3,(H,13,16). The van der Waals surface area contributed by atoms with Crippen LogP contribution >= 0.6 is 15.9 Å². The third kappa shape index (κ3) is 4.59. The van der Waals surface area contributed by atoms with Crippen LogP contribution in [0.2, 0.25) is 0 Å². The van der Waals surface area contributed by atoms with E-state index in [0.29, 0.717) is 4.47 Å². The van der Waals surface area contributed by atoms with Crippen molar-refractivity contribution in [3.8, 4) is 0 Å². The summed E-state index contributed by atoms with van der Waals surface area (Å²) in [5.41, 5.74) is -1.65. The van der Waals surface area contributed by atoms with Crippen molar-refractivity contribution in [3.05, 3.63) is 33.2 Å². The molecule has 0 fully saturated rings. The van der Waals surface area contributed by atoms with Crippen molar-refractivity contribution in [1.29, 1.82) is 0 Å². The van der Waals surface area contributed by atoms with Crippen molar-refractivity contribution in [1.82, 2.24) is 9.88 Å². The number of carbonyl (C=O) groups is 1. The predicted molar refractivity (Wildman–Crippen MR) is 69.1 cm³/mol. The molecule has 1 amide bonds. The fraction of sp³-hybridized carbons (Fsp3) is 0.455. The summed E-state index contributed by atoms with van der Waals surface area (Å²) in [6.45, 7) is 0.730. The van der Waals surface area contributed by atoms with Crippen LogP contribution in [-0.2, 0) is 11.3 Å². The number of amides is 1. The summed E-state index contributed by atoms with van der Waals surface area (Å²) >= 11 is 3.20. The Morgan fingerprint density at radius 2 is 2.22 bits per heavy atom. The Morgan fingerprint density at radius 1 is 1.56 bits per heavy atom. The molecule has 7 heteroatoms. The van der Waals surface area contributed by atoms with Gasteiger partial charge in [-0.05, 0) is 28.9 Å². The number of rotatable bonds is 5. The van der Waals surface area contributed by atoms with Gasteiger partial charge in [0.2, 0.25) is 5.91 Å². The zero-order valence-electron chi connectivity index (χ0n) is 9.89. The first-order valence-electron chi connectivity index (χ1n) is 5.30. The monoisotopic (exact) mass is 318 g/mol. The minimum Gasteiger partial charge on any atom is -0.393 e. The maximum atomic E-state index is 11.6. The summed E-state index contributed by atoms with van der Waals surface area (Å²) in [5, 5.41) is 20.8. The largest absolute Gasteiger partial charge is 0.393 e. The van der Waals surface area contributed by atoms with E-state index in [-0.39, 0.29) is 18.6 Å². The van der Waals surface area contributed by atoms with E-state index in [4.69, 9.17) is 5.11 Å². The van der Waals surface area contributed by atoms with Gasteiger partial charge in [-0.3, -0.25) is 9.59 Å². The first-order chi connectivity index (χ1) is 8.34. The van der Waals surface area contributed by atoms with E-state index in [0.717, 1.165) is 0 Å². The number of aliphatic hydroxyl groups excluding tert-OH is 1. The topological polar surface area (TPSA) is 91.6 Å². The minimum absolute atomic E-state index is 0.0783. The molecule has 1 aromatic rings. The van der Waals surface area contributed by atoms with Crippen LogP contribution in [0.4, 0.5) is 0 Å². The van der Waals surface area contributed by atoms with Crippen LogP contribution < -0.4 is 10.9 Å². The van der Waals surface area contributed by atoms with Crippen LogP contribution in [-0.4, -0.2) is 39.4 Å². The van der Waals surface area contributed by atoms with Crippen LogP contribution in [0.25, 0.3) is 0 Å². The van der Waals surface area contributed by atoms with E-state index in [1.807, 2.05) is 0 Å². The molecule has 0 radical (unpaired) electrons. The quantitative estimate of drug-likeness (QED) is 0.680. The molecule has 0 aromatic carbocycles. The van der Waals surface area contributed by atoms with E-state index in [9.17, 15) is 14.7 Å². The molecule has 0 aliphatic heterocycles. The molecule has 0 saturated heterocycles. The first kappa shape index (κ1) is 14.9. The van der Waals surface area contributed by atoms with Gasteiger partial charge in [0.15, 0.2) is 0 Å². The Labute approximate surface area is 112 Å². The summed E-state index contributed by atoms with van der Waals surface area (Å²) in [6, 6.07) is 2.94. The van der Waals surface area contributed by atoms with Crippen LogP contribution in [0.5, 0.6) is 0 Å². The zero-order valence-corrected chi connectivity index (χ0v) is 11.5. The fourth-order valence-corrected chi connectivity index (χ4v) is 1.56. The minimum atomic E-state index is -1.36. The lowest BCUT2D eigenvalue weighted by molar-refractivity contribution is -0.123. The Morgan fingerprint density at radius 3 is 2.83 bits per heavy atom. The van der Waals surface area contributed by atoms with Crippen LogP contribution in [0.3, 0.4) is 0 Å². The summed E-state index contributed by atoms with van der Waals surface area (Å²) in [4.78, 5) is 23.0. The average molecular weight is 319 g/mol. The van der Waals surface area contributed by atoms with Gasteiger partial charge in [0, 0.05) is 23.3 Å². The molecule has 0 aliphatic rings. The van der Waals surface area contributed by atoms with Crippen molar-refractivity contribution in [2.75, 3.05) is 13.2 Å². The lowest BCUT2D eigenvalue weighted by atomic mass is 10.1. The molecule has 1 atom stereocenters. The van der Waals surface area contributed by atoms with E-state index in [2.05, 4.69) is 21.2 Å². The maximum absolute atomic E-state index is 11.6. The number of halogens is 1. The zero-order chi connectivity index (χ0) is 13.8. The number of nitrogens with zero attached hydrogens (tertiary/aromatic N) is 1. The Hall–Kier alpha value is -1.18. The Kier molecular flexibility index (Phi) is 5.06. The molecule has 1 aromatic heterocycles. The molecule has 0 bridgehead atoms. The molecule has 6 nitrogen and oxygen atoms in total. The van der Waals surface area contributed by atoms with Crippen molar-refractivity contribution >= 4 is 21.8 Å². The molecule has 1 heterocycles. The van der Waals surface area contributed by atoms with Gasteiger partial charge >= 0.3 is 0 Å². The summed E-state index contributed by atoms with van der Waals surface area (Å²) < 4.78 is 1.94. The number of hydrogen-bond donors (Lipinski definition) is 3. The number of aromatic nitrogens is 1. The Balaban J connectivity index is 2.60. The van der Waals surface area contributed by atoms with E-state index in [1.165, 1.54) is 23.8 Å². The van der Waals surface area contributed by atoms with Crippen LogP contribution in [0, 0.1) is 0 Å². The average Bonchev–Trinajstić information content (AvgIpc) is 2.31. The van der Waals surface area contributed by atoms with Crippen LogP contribution in [0.1, 0.15) is 6.92 Å². The van der Waals surface area contributed by atoms with Gasteiger partial charge < -0.3 is 20.1 Å². The SMILES string of the molecule is CC(O)(CO)CNC(=O)Cn1cc(Br)ccc1=O. The molecule has 1 unspecified atom stereocenters. The third-order valence-corrected chi connectivity index (χ3v) is 2.74. The number of nitrogens with one attached hydrogen (secondary N) is 1. The number of hydrogen-bond acceptors (Lipinski definition) is 4. The highest BCUT2D eigenvalue weighted by molar-refractivity contribution is 9.10. The van der Waals surface area contributed by atoms with Crippen molar-refractivity contribution in [2.45, 2.75) is 19.1 Å². The highest BCUT2D eigenvalue weighted by Crippen LogP contribution is 2.04. The van der Waals surface area contributed by atoms with Crippen molar-refractivity contribution < 1.29 is 15.0 Å². The lowest BCUT2D eigenvalue weighted by Crippen LogP contribution is -2.44. The van der Waals surface area contributed by atoms with Crippen molar-refractivity contribution in [2.24, 2.45) is 0 Å². The number of carbonyl (C=O) groups excluding carboxylic acids is 1. The second kappa shape index (κ2) is 6.12. The second-order valence-electron chi connectivity index (χ2n) is 4.25. The molecule has 0 saturated carbocycles. The van der Waals surface area contributed by atoms with Crippen LogP contribution in [0.15, 0.2) is 27.6 Å². The fourth-order valence-electron chi connectivity index (χ4n) is 1.18. The van der Waals surface area contributed by atoms with Gasteiger partial charge in [-0.15, -0.1) is 0 Å². The van der Waals surface area contributed by atoms with Gasteiger partial charge in [-0.1, -0.05) is 0 Å². The predicted octanol–water partition coefficient (Wildman–Crippen LogP) is -0.530. The summed E-state index contributed by atoms with van der Waals surface area (Å²) in [7, 11) is 0. The summed E-state index contributed by atoms with van der Waals surface area (Å²) in [6.07, 6.45) is 1.51. The van der Waals surface area contributed by atoms with Gasteiger partial charge in [-0.25, -0.2) is 0 Å². The lowest BCUT2D eigenvalue weighted by Gasteiger charge is -2.20. The highest BCUT2D eigenvalue weighted by atomic mass is 79.9. The van der Waals surface area contributed by atoms with Gasteiger partial charge in [-0.2, -0.15) is 0 Å². The van der Waals surface area contributed by atoms with Crippen molar-refractivity contribution in [3.63, 3.8) is 0 Å². The molecule has 1 rings (SSSR count). The van der Waals surface area contributed by atoms with Gasteiger partial charge in [0.05, 0.1) is 6.61 Å². The Bertz CT molecular complexity index is 484. The highest BCUT2D eigenvalue weighted by Gasteiger charge is 2.19. The molecule has 0 spiro atoms. The smallest absolute Gasteiger partial charge is 0.251 e. The normalized spacial score (nSPS) is 14.0. The van der Waals surface area contributed by atoms with E-state index in [1.54, 1.807) is 6.07 Å². The summed E-state index contributed by atoms with van der Waals surface area (Å²) in [5.74, 6) is -0.413. The van der Waals surface area contributed by atoms with Gasteiger partial charge in [0.25, 0.3) is 5.56 Å². The number of pyridine rings is 1. The molecule has 100 valence electrons. The van der Waals surface area contributed by atoms with Gasteiger partial charge in [0.1, 0.15) is 12.1 Å². The molecule has 0 aliphatic carbocycles. The third-order valence-electron chi connectivity index (χ3n) is 2.27. The molecular weight excluding hydrogens is 304 g/mol. The molecule has 18 heavy (non-hydrogen) atoms. The molecule has 3 N–H and O–H groups in total. The van der Waals surface area contributed by atoms with E-state index >= 15 is 0 Å². The number of aliphatic hydroxyl groups is 2. The van der Waals surface area contributed by atoms with E-state index < -0.39 is 18.1 Å². The second-order valence-corrected chi connectivity index (χ2v) is 5.16.